The van der Waals surface area contributed by atoms with Gasteiger partial charge in [-0.2, -0.15) is 4.98 Å². The van der Waals surface area contributed by atoms with Gasteiger partial charge in [-0.15, -0.1) is 0 Å². The Bertz CT molecular complexity index is 1100. The predicted octanol–water partition coefficient (Wildman–Crippen LogP) is 2.71. The maximum Gasteiger partial charge on any atom is 0.263 e. The molecule has 1 saturated heterocycles. The molecule has 1 N–H and O–H groups in total. The molecule has 2 aliphatic heterocycles. The van der Waals surface area contributed by atoms with Gasteiger partial charge in [0.2, 0.25) is 5.91 Å². The van der Waals surface area contributed by atoms with Gasteiger partial charge in [-0.05, 0) is 43.7 Å². The number of amides is 1. The fourth-order valence-corrected chi connectivity index (χ4v) is 4.93. The molecule has 0 spiro atoms. The van der Waals surface area contributed by atoms with E-state index in [0.717, 1.165) is 75.3 Å². The zero-order valence-electron chi connectivity index (χ0n) is 18.6. The summed E-state index contributed by atoms with van der Waals surface area (Å²) in [6, 6.07) is 8.70. The molecule has 1 unspecified atom stereocenters. The number of carbonyl (C=O) groups is 1. The number of nitrogens with one attached hydrogen (secondary N) is 1. The molecular formula is C24H30N6O2. The van der Waals surface area contributed by atoms with Crippen molar-refractivity contribution >= 4 is 22.8 Å². The van der Waals surface area contributed by atoms with Crippen LogP contribution in [-0.2, 0) is 17.8 Å². The lowest BCUT2D eigenvalue weighted by atomic mass is 9.97. The molecule has 1 amide bonds. The molecule has 0 aliphatic carbocycles. The van der Waals surface area contributed by atoms with Crippen LogP contribution in [0.2, 0.25) is 0 Å². The van der Waals surface area contributed by atoms with Crippen LogP contribution in [0.25, 0.3) is 11.1 Å². The first-order valence-corrected chi connectivity index (χ1v) is 11.6. The molecule has 5 rings (SSSR count). The quantitative estimate of drug-likeness (QED) is 0.597. The lowest BCUT2D eigenvalue weighted by Crippen LogP contribution is -2.44. The van der Waals surface area contributed by atoms with E-state index in [1.165, 1.54) is 17.5 Å². The third kappa shape index (κ3) is 4.32. The van der Waals surface area contributed by atoms with Crippen molar-refractivity contribution < 1.29 is 9.32 Å². The molecule has 1 fully saturated rings. The third-order valence-electron chi connectivity index (χ3n) is 6.68. The zero-order chi connectivity index (χ0) is 21.9. The highest BCUT2D eigenvalue weighted by Crippen LogP contribution is 2.29. The molecule has 4 heterocycles. The lowest BCUT2D eigenvalue weighted by molar-refractivity contribution is -0.125. The molecule has 0 saturated carbocycles. The van der Waals surface area contributed by atoms with Gasteiger partial charge < -0.3 is 14.7 Å². The van der Waals surface area contributed by atoms with Gasteiger partial charge in [-0.25, -0.2) is 4.98 Å². The van der Waals surface area contributed by atoms with E-state index < -0.39 is 0 Å². The largest absolute Gasteiger partial charge is 0.356 e. The van der Waals surface area contributed by atoms with Gasteiger partial charge in [0.15, 0.2) is 0 Å². The molecule has 0 bridgehead atoms. The molecule has 2 aliphatic rings. The van der Waals surface area contributed by atoms with Crippen LogP contribution in [0.4, 0.5) is 5.82 Å². The number of carbonyl (C=O) groups excluding carboxylic acids is 1. The first-order chi connectivity index (χ1) is 15.7. The second-order valence-electron chi connectivity index (χ2n) is 8.87. The molecule has 8 nitrogen and oxygen atoms in total. The minimum atomic E-state index is -0.0317. The average molecular weight is 435 g/mol. The number of hydrogen-bond acceptors (Lipinski definition) is 7. The van der Waals surface area contributed by atoms with Gasteiger partial charge in [-0.1, -0.05) is 29.4 Å². The molecule has 168 valence electrons. The predicted molar refractivity (Wildman–Crippen MR) is 122 cm³/mol. The summed E-state index contributed by atoms with van der Waals surface area (Å²) >= 11 is 0. The second kappa shape index (κ2) is 9.24. The summed E-state index contributed by atoms with van der Waals surface area (Å²) in [4.78, 5) is 26.2. The molecule has 32 heavy (non-hydrogen) atoms. The van der Waals surface area contributed by atoms with Crippen LogP contribution in [0, 0.1) is 12.8 Å². The van der Waals surface area contributed by atoms with Gasteiger partial charge in [0.1, 0.15) is 17.5 Å². The highest BCUT2D eigenvalue weighted by Gasteiger charge is 2.28. The summed E-state index contributed by atoms with van der Waals surface area (Å²) in [7, 11) is 0. The monoisotopic (exact) mass is 434 g/mol. The van der Waals surface area contributed by atoms with Crippen molar-refractivity contribution in [3.63, 3.8) is 0 Å². The summed E-state index contributed by atoms with van der Waals surface area (Å²) in [6.07, 6.45) is 5.45. The van der Waals surface area contributed by atoms with Crippen molar-refractivity contribution in [2.75, 3.05) is 37.6 Å². The van der Waals surface area contributed by atoms with Crippen molar-refractivity contribution in [3.8, 4) is 0 Å². The standard InChI is InChI=1S/C24H30N6O2/c1-17-21-22(26-16-27-24(21)32-28-17)30-12-4-8-20(15-30)23(31)25-10-5-11-29-13-9-18-6-2-3-7-19(18)14-29/h2-3,6-7,16,20H,4-5,8-15H2,1H3,(H,25,31). The van der Waals surface area contributed by atoms with E-state index in [2.05, 4.69) is 54.5 Å². The van der Waals surface area contributed by atoms with E-state index in [1.54, 1.807) is 0 Å². The second-order valence-corrected chi connectivity index (χ2v) is 8.87. The van der Waals surface area contributed by atoms with Gasteiger partial charge in [-0.3, -0.25) is 9.69 Å². The normalized spacial score (nSPS) is 19.2. The summed E-state index contributed by atoms with van der Waals surface area (Å²) in [6.45, 7) is 7.26. The van der Waals surface area contributed by atoms with Crippen LogP contribution in [0.1, 0.15) is 36.1 Å². The number of fused-ring (bicyclic) bond motifs is 2. The van der Waals surface area contributed by atoms with Crippen molar-refractivity contribution in [2.24, 2.45) is 5.92 Å². The Morgan fingerprint density at radius 1 is 1.22 bits per heavy atom. The van der Waals surface area contributed by atoms with E-state index in [-0.39, 0.29) is 11.8 Å². The fourth-order valence-electron chi connectivity index (χ4n) is 4.93. The number of benzene rings is 1. The molecule has 8 heteroatoms. The number of aryl methyl sites for hydroxylation is 1. The Labute approximate surface area is 188 Å². The van der Waals surface area contributed by atoms with Crippen LogP contribution >= 0.6 is 0 Å². The first kappa shape index (κ1) is 20.9. The van der Waals surface area contributed by atoms with E-state index in [4.69, 9.17) is 4.52 Å². The van der Waals surface area contributed by atoms with Crippen molar-refractivity contribution in [1.82, 2.24) is 25.3 Å². The lowest BCUT2D eigenvalue weighted by Gasteiger charge is -2.33. The fraction of sp³-hybridized carbons (Fsp3) is 0.500. The molecule has 3 aromatic rings. The Morgan fingerprint density at radius 3 is 3.00 bits per heavy atom. The van der Waals surface area contributed by atoms with Crippen LogP contribution in [0.15, 0.2) is 35.1 Å². The third-order valence-corrected chi connectivity index (χ3v) is 6.68. The van der Waals surface area contributed by atoms with Crippen LogP contribution < -0.4 is 10.2 Å². The highest BCUT2D eigenvalue weighted by molar-refractivity contribution is 5.88. The van der Waals surface area contributed by atoms with Gasteiger partial charge in [0, 0.05) is 39.3 Å². The number of anilines is 1. The number of piperidine rings is 1. The van der Waals surface area contributed by atoms with Gasteiger partial charge >= 0.3 is 0 Å². The summed E-state index contributed by atoms with van der Waals surface area (Å²) in [5.41, 5.74) is 4.19. The number of nitrogens with zero attached hydrogens (tertiary/aromatic N) is 5. The average Bonchev–Trinajstić information content (AvgIpc) is 3.22. The maximum absolute atomic E-state index is 12.9. The molecule has 1 aromatic carbocycles. The Morgan fingerprint density at radius 2 is 2.09 bits per heavy atom. The minimum absolute atomic E-state index is 0.0317. The van der Waals surface area contributed by atoms with E-state index in [1.807, 2.05) is 6.92 Å². The zero-order valence-corrected chi connectivity index (χ0v) is 18.6. The minimum Gasteiger partial charge on any atom is -0.356 e. The summed E-state index contributed by atoms with van der Waals surface area (Å²) < 4.78 is 5.28. The maximum atomic E-state index is 12.9. The Kier molecular flexibility index (Phi) is 6.03. The summed E-state index contributed by atoms with van der Waals surface area (Å²) in [5, 5.41) is 8.03. The molecule has 2 aromatic heterocycles. The van der Waals surface area contributed by atoms with Crippen molar-refractivity contribution in [2.45, 2.75) is 39.2 Å². The highest BCUT2D eigenvalue weighted by atomic mass is 16.5. The Balaban J connectivity index is 1.12. The van der Waals surface area contributed by atoms with Crippen molar-refractivity contribution in [1.29, 1.82) is 0 Å². The number of rotatable bonds is 6. The topological polar surface area (TPSA) is 87.4 Å². The smallest absolute Gasteiger partial charge is 0.263 e. The Hall–Kier alpha value is -3.00. The molecular weight excluding hydrogens is 404 g/mol. The van der Waals surface area contributed by atoms with E-state index >= 15 is 0 Å². The first-order valence-electron chi connectivity index (χ1n) is 11.6. The molecule has 0 radical (unpaired) electrons. The van der Waals surface area contributed by atoms with Gasteiger partial charge in [0.25, 0.3) is 5.71 Å². The molecule has 1 atom stereocenters. The SMILES string of the molecule is Cc1noc2ncnc(N3CCCC(C(=O)NCCCN4CCc5ccccc5C4)C3)c12. The van der Waals surface area contributed by atoms with Crippen LogP contribution in [0.5, 0.6) is 0 Å². The van der Waals surface area contributed by atoms with E-state index in [9.17, 15) is 4.79 Å². The van der Waals surface area contributed by atoms with Crippen LogP contribution in [0.3, 0.4) is 0 Å². The van der Waals surface area contributed by atoms with E-state index in [0.29, 0.717) is 12.3 Å². The van der Waals surface area contributed by atoms with Crippen molar-refractivity contribution in [3.05, 3.63) is 47.4 Å². The van der Waals surface area contributed by atoms with Gasteiger partial charge in [0.05, 0.1) is 11.6 Å². The summed E-state index contributed by atoms with van der Waals surface area (Å²) in [5.74, 6) is 0.929. The van der Waals surface area contributed by atoms with Crippen LogP contribution in [-0.4, -0.2) is 58.7 Å². The number of hydrogen-bond donors (Lipinski definition) is 1. The number of aromatic nitrogens is 3.